The van der Waals surface area contributed by atoms with E-state index in [9.17, 15) is 61.1 Å². The largest absolute Gasteiger partial charge is 0.428 e. The van der Waals surface area contributed by atoms with Crippen LogP contribution in [0.2, 0.25) is 0 Å². The number of halogens is 12. The molecule has 0 spiro atoms. The maximum absolute atomic E-state index is 13.2. The molecule has 0 aliphatic heterocycles. The minimum atomic E-state index is -6.43. The Morgan fingerprint density at radius 3 is 1.52 bits per heavy atom. The van der Waals surface area contributed by atoms with Crippen LogP contribution in [-0.4, -0.2) is 42.6 Å². The molecule has 0 aromatic heterocycles. The van der Waals surface area contributed by atoms with Crippen LogP contribution in [0.25, 0.3) is 0 Å². The Bertz CT molecular complexity index is 897. The highest BCUT2D eigenvalue weighted by atomic mass is 32.2. The number of alkyl halides is 12. The van der Waals surface area contributed by atoms with Gasteiger partial charge in [-0.1, -0.05) is 6.07 Å². The zero-order chi connectivity index (χ0) is 24.8. The van der Waals surface area contributed by atoms with E-state index in [4.69, 9.17) is 9.66 Å². The molecule has 0 heterocycles. The molecule has 18 heteroatoms. The standard InChI is InChI=1S/C13H8F12O5S/c14-10(15,16)7-5(1-2-6(31(27,28)29)8(7)11(17,18)19)3-30-4-9(26,12(20,21)22)13(23,24)25/h1-2,26H,3-4H2,(H,27,28,29). The highest BCUT2D eigenvalue weighted by Gasteiger charge is 2.70. The first-order valence-electron chi connectivity index (χ1n) is 7.16. The van der Waals surface area contributed by atoms with Crippen LogP contribution in [0.15, 0.2) is 17.0 Å². The Hall–Kier alpha value is -1.79. The van der Waals surface area contributed by atoms with E-state index in [0.29, 0.717) is 0 Å². The molecule has 2 N–H and O–H groups in total. The molecule has 31 heavy (non-hydrogen) atoms. The third-order valence-corrected chi connectivity index (χ3v) is 4.50. The molecular weight excluding hydrogens is 496 g/mol. The van der Waals surface area contributed by atoms with Crippen LogP contribution < -0.4 is 0 Å². The van der Waals surface area contributed by atoms with Crippen molar-refractivity contribution in [1.29, 1.82) is 0 Å². The molecule has 0 saturated heterocycles. The number of aliphatic hydroxyl groups is 1. The molecule has 0 unspecified atom stereocenters. The Labute approximate surface area is 164 Å². The number of ether oxygens (including phenoxy) is 1. The zero-order valence-corrected chi connectivity index (χ0v) is 14.9. The summed E-state index contributed by atoms with van der Waals surface area (Å²) in [4.78, 5) is -2.27. The van der Waals surface area contributed by atoms with Gasteiger partial charge in [0.1, 0.15) is 4.90 Å². The van der Waals surface area contributed by atoms with Gasteiger partial charge in [0.15, 0.2) is 0 Å². The molecule has 1 rings (SSSR count). The van der Waals surface area contributed by atoms with Crippen molar-refractivity contribution in [2.45, 2.75) is 41.8 Å². The average molecular weight is 504 g/mol. The van der Waals surface area contributed by atoms with Gasteiger partial charge in [0.25, 0.3) is 15.7 Å². The Balaban J connectivity index is 3.56. The number of hydrogen-bond donors (Lipinski definition) is 2. The Morgan fingerprint density at radius 1 is 0.774 bits per heavy atom. The van der Waals surface area contributed by atoms with Gasteiger partial charge in [-0.15, -0.1) is 0 Å². The summed E-state index contributed by atoms with van der Waals surface area (Å²) in [5, 5.41) is 8.84. The highest BCUT2D eigenvalue weighted by molar-refractivity contribution is 7.85. The van der Waals surface area contributed by atoms with Gasteiger partial charge in [0.05, 0.1) is 24.3 Å². The lowest BCUT2D eigenvalue weighted by atomic mass is 10.00. The predicted octanol–water partition coefficient (Wildman–Crippen LogP) is 4.34. The van der Waals surface area contributed by atoms with Gasteiger partial charge in [-0.05, 0) is 11.6 Å². The lowest BCUT2D eigenvalue weighted by Crippen LogP contribution is -2.59. The van der Waals surface area contributed by atoms with Crippen molar-refractivity contribution < 1.29 is 75.5 Å². The zero-order valence-electron chi connectivity index (χ0n) is 14.1. The van der Waals surface area contributed by atoms with Crippen LogP contribution in [0.5, 0.6) is 0 Å². The molecular formula is C13H8F12O5S. The van der Waals surface area contributed by atoms with Crippen molar-refractivity contribution in [2.75, 3.05) is 6.61 Å². The van der Waals surface area contributed by atoms with Crippen LogP contribution in [0.3, 0.4) is 0 Å². The average Bonchev–Trinajstić information content (AvgIpc) is 2.48. The number of hydrogen-bond acceptors (Lipinski definition) is 4. The van der Waals surface area contributed by atoms with Crippen LogP contribution >= 0.6 is 0 Å². The van der Waals surface area contributed by atoms with Gasteiger partial charge in [0, 0.05) is 0 Å². The maximum Gasteiger partial charge on any atom is 0.428 e. The van der Waals surface area contributed by atoms with Gasteiger partial charge in [-0.3, -0.25) is 4.55 Å². The van der Waals surface area contributed by atoms with Gasteiger partial charge >= 0.3 is 24.7 Å². The summed E-state index contributed by atoms with van der Waals surface area (Å²) in [7, 11) is -5.90. The van der Waals surface area contributed by atoms with E-state index in [1.165, 1.54) is 0 Å². The second-order valence-corrected chi connectivity index (χ2v) is 7.18. The fraction of sp³-hybridized carbons (Fsp3) is 0.538. The van der Waals surface area contributed by atoms with Gasteiger partial charge in [0.2, 0.25) is 0 Å². The SMILES string of the molecule is O=S(=O)(O)c1ccc(COCC(O)(C(F)(F)F)C(F)(F)F)c(C(F)(F)F)c1C(F)(F)F. The molecule has 0 amide bonds. The molecule has 1 aromatic carbocycles. The summed E-state index contributed by atoms with van der Waals surface area (Å²) in [6, 6.07) is -0.271. The minimum absolute atomic E-state index is 0.0681. The quantitative estimate of drug-likeness (QED) is 0.461. The van der Waals surface area contributed by atoms with Gasteiger partial charge < -0.3 is 9.84 Å². The Morgan fingerprint density at radius 2 is 1.19 bits per heavy atom. The van der Waals surface area contributed by atoms with Crippen molar-refractivity contribution in [3.8, 4) is 0 Å². The van der Waals surface area contributed by atoms with Crippen molar-refractivity contribution in [3.63, 3.8) is 0 Å². The Kier molecular flexibility index (Phi) is 7.00. The summed E-state index contributed by atoms with van der Waals surface area (Å²) in [5.41, 5.74) is -13.1. The molecule has 1 aromatic rings. The van der Waals surface area contributed by atoms with E-state index >= 15 is 0 Å². The first-order valence-corrected chi connectivity index (χ1v) is 8.60. The lowest BCUT2D eigenvalue weighted by molar-refractivity contribution is -0.378. The minimum Gasteiger partial charge on any atom is -0.373 e. The van der Waals surface area contributed by atoms with Gasteiger partial charge in [-0.25, -0.2) is 0 Å². The van der Waals surface area contributed by atoms with Crippen molar-refractivity contribution in [3.05, 3.63) is 28.8 Å². The van der Waals surface area contributed by atoms with Gasteiger partial charge in [-0.2, -0.15) is 61.1 Å². The van der Waals surface area contributed by atoms with E-state index in [1.807, 2.05) is 0 Å². The summed E-state index contributed by atoms with van der Waals surface area (Å²) in [6.45, 7) is -4.74. The smallest absolute Gasteiger partial charge is 0.373 e. The number of benzene rings is 1. The van der Waals surface area contributed by atoms with Crippen LogP contribution in [0.4, 0.5) is 52.7 Å². The lowest BCUT2D eigenvalue weighted by Gasteiger charge is -2.32. The van der Waals surface area contributed by atoms with E-state index in [2.05, 4.69) is 4.74 Å². The van der Waals surface area contributed by atoms with Crippen LogP contribution in [-0.2, 0) is 33.8 Å². The van der Waals surface area contributed by atoms with E-state index in [-0.39, 0.29) is 12.1 Å². The second kappa shape index (κ2) is 7.96. The van der Waals surface area contributed by atoms with Crippen LogP contribution in [0.1, 0.15) is 16.7 Å². The third-order valence-electron chi connectivity index (χ3n) is 3.60. The fourth-order valence-corrected chi connectivity index (χ4v) is 2.92. The highest BCUT2D eigenvalue weighted by Crippen LogP contribution is 2.46. The summed E-state index contributed by atoms with van der Waals surface area (Å²) < 4.78 is 189. The number of rotatable bonds is 5. The van der Waals surface area contributed by atoms with Crippen molar-refractivity contribution in [1.82, 2.24) is 0 Å². The molecule has 0 bridgehead atoms. The summed E-state index contributed by atoms with van der Waals surface area (Å²) >= 11 is 0. The first-order chi connectivity index (χ1) is 13.4. The van der Waals surface area contributed by atoms with E-state index in [0.717, 1.165) is 0 Å². The van der Waals surface area contributed by atoms with E-state index in [1.54, 1.807) is 0 Å². The molecule has 0 aliphatic rings. The predicted molar refractivity (Wildman–Crippen MR) is 73.0 cm³/mol. The maximum atomic E-state index is 13.2. The molecule has 5 nitrogen and oxygen atoms in total. The summed E-state index contributed by atoms with van der Waals surface area (Å²) in [5.74, 6) is 0. The second-order valence-electron chi connectivity index (χ2n) is 5.79. The normalized spacial score (nSPS) is 14.8. The van der Waals surface area contributed by atoms with Crippen molar-refractivity contribution >= 4 is 10.1 Å². The third kappa shape index (κ3) is 5.72. The molecule has 0 saturated carbocycles. The molecule has 0 atom stereocenters. The van der Waals surface area contributed by atoms with Crippen molar-refractivity contribution in [2.24, 2.45) is 0 Å². The fourth-order valence-electron chi connectivity index (χ4n) is 2.20. The molecule has 0 fully saturated rings. The summed E-state index contributed by atoms with van der Waals surface area (Å²) in [6.07, 6.45) is -25.0. The monoisotopic (exact) mass is 504 g/mol. The topological polar surface area (TPSA) is 83.8 Å². The van der Waals surface area contributed by atoms with Crippen LogP contribution in [0, 0.1) is 0 Å². The molecule has 0 radical (unpaired) electrons. The first kappa shape index (κ1) is 27.2. The van der Waals surface area contributed by atoms with E-state index < -0.39 is 75.2 Å². The molecule has 180 valence electrons. The molecule has 0 aliphatic carbocycles.